The Kier molecular flexibility index (Phi) is 4.01. The summed E-state index contributed by atoms with van der Waals surface area (Å²) in [7, 11) is 0. The van der Waals surface area contributed by atoms with E-state index in [9.17, 15) is 9.18 Å². The summed E-state index contributed by atoms with van der Waals surface area (Å²) < 4.78 is 13.6. The highest BCUT2D eigenvalue weighted by Crippen LogP contribution is 2.26. The Morgan fingerprint density at radius 1 is 1.29 bits per heavy atom. The minimum Gasteiger partial charge on any atom is -0.318 e. The van der Waals surface area contributed by atoms with Crippen LogP contribution in [0.4, 0.5) is 10.1 Å². The van der Waals surface area contributed by atoms with Gasteiger partial charge < -0.3 is 5.32 Å². The van der Waals surface area contributed by atoms with E-state index in [1.165, 1.54) is 23.5 Å². The number of aromatic nitrogens is 1. The summed E-state index contributed by atoms with van der Waals surface area (Å²) in [5.41, 5.74) is 1.31. The molecule has 3 aromatic rings. The van der Waals surface area contributed by atoms with Crippen LogP contribution in [0.3, 0.4) is 0 Å². The first-order valence-electron chi connectivity index (χ1n) is 5.88. The number of hydrogen-bond acceptors (Lipinski definition) is 4. The molecule has 2 aromatic heterocycles. The number of benzene rings is 1. The largest absolute Gasteiger partial charge is 0.318 e. The zero-order valence-corrected chi connectivity index (χ0v) is 12.9. The maximum Gasteiger partial charge on any atom is 0.275 e. The predicted octanol–water partition coefficient (Wildman–Crippen LogP) is 4.92. The number of halogens is 2. The molecule has 3 rings (SSSR count). The first kappa shape index (κ1) is 14.2. The third-order valence-corrected chi connectivity index (χ3v) is 4.49. The van der Waals surface area contributed by atoms with Crippen LogP contribution in [0.15, 0.2) is 40.4 Å². The van der Waals surface area contributed by atoms with E-state index in [1.807, 2.05) is 16.8 Å². The van der Waals surface area contributed by atoms with Crippen molar-refractivity contribution in [1.82, 2.24) is 4.98 Å². The van der Waals surface area contributed by atoms with Crippen molar-refractivity contribution in [3.8, 4) is 10.6 Å². The number of thiazole rings is 1. The standard InChI is InChI=1S/C14H8ClFN2OS2/c15-9-1-2-11(10(16)5-9)17-13(19)12-7-21-14(18-12)8-3-4-20-6-8/h1-7H,(H,17,19). The van der Waals surface area contributed by atoms with Crippen LogP contribution >= 0.6 is 34.3 Å². The van der Waals surface area contributed by atoms with Gasteiger partial charge >= 0.3 is 0 Å². The van der Waals surface area contributed by atoms with Crippen LogP contribution in [0.5, 0.6) is 0 Å². The molecule has 2 heterocycles. The molecule has 0 aliphatic heterocycles. The van der Waals surface area contributed by atoms with E-state index in [-0.39, 0.29) is 16.4 Å². The molecule has 0 fully saturated rings. The quantitative estimate of drug-likeness (QED) is 0.736. The molecule has 0 radical (unpaired) electrons. The number of carbonyl (C=O) groups excluding carboxylic acids is 1. The van der Waals surface area contributed by atoms with Gasteiger partial charge in [-0.2, -0.15) is 11.3 Å². The molecule has 1 N–H and O–H groups in total. The van der Waals surface area contributed by atoms with Crippen molar-refractivity contribution < 1.29 is 9.18 Å². The van der Waals surface area contributed by atoms with Crippen molar-refractivity contribution in [1.29, 1.82) is 0 Å². The topological polar surface area (TPSA) is 42.0 Å². The molecule has 0 aliphatic rings. The van der Waals surface area contributed by atoms with Crippen molar-refractivity contribution in [3.63, 3.8) is 0 Å². The van der Waals surface area contributed by atoms with Crippen LogP contribution in [0.2, 0.25) is 5.02 Å². The van der Waals surface area contributed by atoms with Crippen molar-refractivity contribution in [2.75, 3.05) is 5.32 Å². The van der Waals surface area contributed by atoms with Gasteiger partial charge in [0.1, 0.15) is 16.5 Å². The second-order valence-electron chi connectivity index (χ2n) is 4.13. The summed E-state index contributed by atoms with van der Waals surface area (Å²) in [6, 6.07) is 6.01. The zero-order chi connectivity index (χ0) is 14.8. The average molecular weight is 339 g/mol. The van der Waals surface area contributed by atoms with Gasteiger partial charge in [-0.05, 0) is 29.6 Å². The molecule has 0 atom stereocenters. The lowest BCUT2D eigenvalue weighted by atomic mass is 10.3. The lowest BCUT2D eigenvalue weighted by molar-refractivity contribution is 0.102. The average Bonchev–Trinajstić information content (AvgIpc) is 3.10. The van der Waals surface area contributed by atoms with E-state index in [1.54, 1.807) is 16.7 Å². The fourth-order valence-electron chi connectivity index (χ4n) is 1.67. The summed E-state index contributed by atoms with van der Waals surface area (Å²) in [6.07, 6.45) is 0. The Hall–Kier alpha value is -1.76. The fraction of sp³-hybridized carbons (Fsp3) is 0. The van der Waals surface area contributed by atoms with E-state index in [0.717, 1.165) is 16.6 Å². The normalized spacial score (nSPS) is 10.6. The Bertz CT molecular complexity index is 786. The Morgan fingerprint density at radius 2 is 2.14 bits per heavy atom. The van der Waals surface area contributed by atoms with Crippen LogP contribution in [0.25, 0.3) is 10.6 Å². The Labute approximate surface area is 133 Å². The molecule has 7 heteroatoms. The van der Waals surface area contributed by atoms with Crippen molar-refractivity contribution >= 4 is 45.9 Å². The molecule has 0 bridgehead atoms. The first-order valence-corrected chi connectivity index (χ1v) is 8.08. The number of nitrogens with one attached hydrogen (secondary N) is 1. The number of rotatable bonds is 3. The number of anilines is 1. The molecule has 0 spiro atoms. The second-order valence-corrected chi connectivity index (χ2v) is 6.20. The van der Waals surface area contributed by atoms with E-state index >= 15 is 0 Å². The van der Waals surface area contributed by atoms with Gasteiger partial charge in [-0.1, -0.05) is 11.6 Å². The summed E-state index contributed by atoms with van der Waals surface area (Å²) in [5.74, 6) is -1.03. The van der Waals surface area contributed by atoms with Gasteiger partial charge in [0.05, 0.1) is 5.69 Å². The second kappa shape index (κ2) is 5.93. The molecule has 1 amide bonds. The van der Waals surface area contributed by atoms with E-state index in [0.29, 0.717) is 0 Å². The number of amides is 1. The monoisotopic (exact) mass is 338 g/mol. The first-order chi connectivity index (χ1) is 10.1. The molecule has 0 unspecified atom stereocenters. The van der Waals surface area contributed by atoms with Crippen molar-refractivity contribution in [3.05, 3.63) is 56.9 Å². The Balaban J connectivity index is 1.79. The van der Waals surface area contributed by atoms with Gasteiger partial charge in [-0.25, -0.2) is 9.37 Å². The molecule has 0 aliphatic carbocycles. The minimum absolute atomic E-state index is 0.0782. The lowest BCUT2D eigenvalue weighted by Crippen LogP contribution is -2.13. The highest BCUT2D eigenvalue weighted by Gasteiger charge is 2.14. The van der Waals surface area contributed by atoms with E-state index in [2.05, 4.69) is 10.3 Å². The van der Waals surface area contributed by atoms with Crippen LogP contribution in [-0.4, -0.2) is 10.9 Å². The van der Waals surface area contributed by atoms with Gasteiger partial charge in [-0.15, -0.1) is 11.3 Å². The third-order valence-electron chi connectivity index (χ3n) is 2.68. The summed E-state index contributed by atoms with van der Waals surface area (Å²) in [5, 5.41) is 9.08. The highest BCUT2D eigenvalue weighted by atomic mass is 35.5. The van der Waals surface area contributed by atoms with E-state index in [4.69, 9.17) is 11.6 Å². The Morgan fingerprint density at radius 3 is 2.86 bits per heavy atom. The summed E-state index contributed by atoms with van der Waals surface area (Å²) >= 11 is 8.60. The van der Waals surface area contributed by atoms with Crippen molar-refractivity contribution in [2.45, 2.75) is 0 Å². The van der Waals surface area contributed by atoms with Crippen LogP contribution in [-0.2, 0) is 0 Å². The van der Waals surface area contributed by atoms with Crippen LogP contribution in [0, 0.1) is 5.82 Å². The third kappa shape index (κ3) is 3.12. The maximum absolute atomic E-state index is 13.6. The minimum atomic E-state index is -0.580. The molecular weight excluding hydrogens is 331 g/mol. The number of thiophene rings is 1. The van der Waals surface area contributed by atoms with Crippen LogP contribution < -0.4 is 5.32 Å². The molecule has 1 aromatic carbocycles. The molecule has 0 saturated carbocycles. The van der Waals surface area contributed by atoms with Gasteiger partial charge in [0, 0.05) is 21.3 Å². The van der Waals surface area contributed by atoms with Gasteiger partial charge in [-0.3, -0.25) is 4.79 Å². The SMILES string of the molecule is O=C(Nc1ccc(Cl)cc1F)c1csc(-c2ccsc2)n1. The molecular formula is C14H8ClFN2OS2. The van der Waals surface area contributed by atoms with Gasteiger partial charge in [0.15, 0.2) is 0 Å². The smallest absolute Gasteiger partial charge is 0.275 e. The van der Waals surface area contributed by atoms with Gasteiger partial charge in [0.25, 0.3) is 5.91 Å². The van der Waals surface area contributed by atoms with Gasteiger partial charge in [0.2, 0.25) is 0 Å². The molecule has 106 valence electrons. The van der Waals surface area contributed by atoms with Crippen molar-refractivity contribution in [2.24, 2.45) is 0 Å². The molecule has 0 saturated heterocycles. The fourth-order valence-corrected chi connectivity index (χ4v) is 3.35. The molecule has 21 heavy (non-hydrogen) atoms. The number of carbonyl (C=O) groups is 1. The number of hydrogen-bond donors (Lipinski definition) is 1. The summed E-state index contributed by atoms with van der Waals surface area (Å²) in [4.78, 5) is 16.3. The van der Waals surface area contributed by atoms with Crippen LogP contribution in [0.1, 0.15) is 10.5 Å². The van der Waals surface area contributed by atoms with E-state index < -0.39 is 11.7 Å². The predicted molar refractivity (Wildman–Crippen MR) is 84.8 cm³/mol. The summed E-state index contributed by atoms with van der Waals surface area (Å²) in [6.45, 7) is 0. The highest BCUT2D eigenvalue weighted by molar-refractivity contribution is 7.14. The maximum atomic E-state index is 13.6. The zero-order valence-electron chi connectivity index (χ0n) is 10.5. The molecule has 3 nitrogen and oxygen atoms in total. The number of nitrogens with zero attached hydrogens (tertiary/aromatic N) is 1. The lowest BCUT2D eigenvalue weighted by Gasteiger charge is -2.04.